The van der Waals surface area contributed by atoms with Crippen LogP contribution in [-0.2, 0) is 0 Å². The predicted molar refractivity (Wildman–Crippen MR) is 93.7 cm³/mol. The van der Waals surface area contributed by atoms with Crippen molar-refractivity contribution in [2.75, 3.05) is 37.7 Å². The van der Waals surface area contributed by atoms with Crippen molar-refractivity contribution in [3.8, 4) is 0 Å². The minimum atomic E-state index is 0.212. The molecular formula is C18H26N2OS. The van der Waals surface area contributed by atoms with E-state index >= 15 is 0 Å². The zero-order valence-corrected chi connectivity index (χ0v) is 14.5. The lowest BCUT2D eigenvalue weighted by Gasteiger charge is -2.27. The van der Waals surface area contributed by atoms with Crippen molar-refractivity contribution < 1.29 is 4.79 Å². The molecule has 2 heterocycles. The molecule has 3 rings (SSSR count). The van der Waals surface area contributed by atoms with Gasteiger partial charge in [0.1, 0.15) is 0 Å². The van der Waals surface area contributed by atoms with Gasteiger partial charge in [-0.15, -0.1) is 0 Å². The minimum absolute atomic E-state index is 0.212. The SMILES string of the molecule is Cc1ccc(C)c(C(=O)N2CCCN(C3CCSC3)CC2)c1. The molecule has 0 saturated carbocycles. The summed E-state index contributed by atoms with van der Waals surface area (Å²) in [6.45, 7) is 8.02. The predicted octanol–water partition coefficient (Wildman–Crippen LogP) is 2.96. The van der Waals surface area contributed by atoms with E-state index in [9.17, 15) is 4.79 Å². The Kier molecular flexibility index (Phi) is 5.09. The number of rotatable bonds is 2. The van der Waals surface area contributed by atoms with Crippen LogP contribution in [0.4, 0.5) is 0 Å². The van der Waals surface area contributed by atoms with E-state index in [0.29, 0.717) is 0 Å². The second-order valence-electron chi connectivity index (χ2n) is 6.52. The first kappa shape index (κ1) is 15.9. The highest BCUT2D eigenvalue weighted by atomic mass is 32.2. The summed E-state index contributed by atoms with van der Waals surface area (Å²) in [6, 6.07) is 6.91. The summed E-state index contributed by atoms with van der Waals surface area (Å²) < 4.78 is 0. The lowest BCUT2D eigenvalue weighted by atomic mass is 10.0. The summed E-state index contributed by atoms with van der Waals surface area (Å²) in [7, 11) is 0. The van der Waals surface area contributed by atoms with Gasteiger partial charge in [-0.05, 0) is 44.1 Å². The fraction of sp³-hybridized carbons (Fsp3) is 0.611. The number of nitrogens with zero attached hydrogens (tertiary/aromatic N) is 2. The maximum absolute atomic E-state index is 12.9. The second-order valence-corrected chi connectivity index (χ2v) is 7.67. The van der Waals surface area contributed by atoms with Crippen LogP contribution in [0, 0.1) is 13.8 Å². The fourth-order valence-corrected chi connectivity index (χ4v) is 4.71. The highest BCUT2D eigenvalue weighted by Crippen LogP contribution is 2.23. The smallest absolute Gasteiger partial charge is 0.254 e. The van der Waals surface area contributed by atoms with Crippen LogP contribution in [0.3, 0.4) is 0 Å². The van der Waals surface area contributed by atoms with Crippen molar-refractivity contribution in [2.24, 2.45) is 0 Å². The standard InChI is InChI=1S/C18H26N2OS/c1-14-4-5-15(2)17(12-14)18(21)20-8-3-7-19(9-10-20)16-6-11-22-13-16/h4-5,12,16H,3,6-11,13H2,1-2H3. The van der Waals surface area contributed by atoms with Crippen LogP contribution < -0.4 is 0 Å². The van der Waals surface area contributed by atoms with E-state index in [1.807, 2.05) is 13.0 Å². The van der Waals surface area contributed by atoms with Gasteiger partial charge in [-0.25, -0.2) is 0 Å². The molecule has 1 atom stereocenters. The summed E-state index contributed by atoms with van der Waals surface area (Å²) in [5, 5.41) is 0. The first-order chi connectivity index (χ1) is 10.6. The molecule has 1 unspecified atom stereocenters. The molecule has 0 spiro atoms. The van der Waals surface area contributed by atoms with Crippen LogP contribution in [-0.4, -0.2) is 59.4 Å². The van der Waals surface area contributed by atoms with E-state index in [1.54, 1.807) is 0 Å². The number of carbonyl (C=O) groups is 1. The van der Waals surface area contributed by atoms with Gasteiger partial charge in [-0.2, -0.15) is 11.8 Å². The van der Waals surface area contributed by atoms with Crippen molar-refractivity contribution >= 4 is 17.7 Å². The molecule has 22 heavy (non-hydrogen) atoms. The Balaban J connectivity index is 1.67. The normalized spacial score (nSPS) is 23.5. The highest BCUT2D eigenvalue weighted by molar-refractivity contribution is 7.99. The van der Waals surface area contributed by atoms with Crippen LogP contribution in [0.1, 0.15) is 34.3 Å². The molecule has 0 aliphatic carbocycles. The largest absolute Gasteiger partial charge is 0.337 e. The average Bonchev–Trinajstić information content (AvgIpc) is 2.94. The Morgan fingerprint density at radius 3 is 2.82 bits per heavy atom. The van der Waals surface area contributed by atoms with Crippen molar-refractivity contribution in [3.63, 3.8) is 0 Å². The van der Waals surface area contributed by atoms with Gasteiger partial charge in [0.05, 0.1) is 0 Å². The fourth-order valence-electron chi connectivity index (χ4n) is 3.45. The third-order valence-corrected chi connectivity index (χ3v) is 6.01. The molecule has 0 radical (unpaired) electrons. The molecule has 2 aliphatic rings. The first-order valence-corrected chi connectivity index (χ1v) is 9.49. The Hall–Kier alpha value is -1.00. The third-order valence-electron chi connectivity index (χ3n) is 4.86. The van der Waals surface area contributed by atoms with E-state index in [4.69, 9.17) is 0 Å². The maximum atomic E-state index is 12.9. The Morgan fingerprint density at radius 1 is 1.18 bits per heavy atom. The van der Waals surface area contributed by atoms with Gasteiger partial charge in [0.25, 0.3) is 5.91 Å². The molecule has 1 amide bonds. The molecule has 0 aromatic heterocycles. The van der Waals surface area contributed by atoms with Crippen molar-refractivity contribution in [3.05, 3.63) is 34.9 Å². The van der Waals surface area contributed by atoms with E-state index < -0.39 is 0 Å². The van der Waals surface area contributed by atoms with Gasteiger partial charge < -0.3 is 4.90 Å². The highest BCUT2D eigenvalue weighted by Gasteiger charge is 2.27. The number of thioether (sulfide) groups is 1. The van der Waals surface area contributed by atoms with Gasteiger partial charge in [0.2, 0.25) is 0 Å². The molecule has 2 aliphatic heterocycles. The summed E-state index contributed by atoms with van der Waals surface area (Å²) in [6.07, 6.45) is 2.41. The monoisotopic (exact) mass is 318 g/mol. The van der Waals surface area contributed by atoms with Crippen molar-refractivity contribution in [1.82, 2.24) is 9.80 Å². The molecule has 2 fully saturated rings. The number of hydrogen-bond acceptors (Lipinski definition) is 3. The van der Waals surface area contributed by atoms with Crippen LogP contribution in [0.25, 0.3) is 0 Å². The van der Waals surface area contributed by atoms with Crippen LogP contribution >= 0.6 is 11.8 Å². The van der Waals surface area contributed by atoms with Gasteiger partial charge in [0.15, 0.2) is 0 Å². The molecule has 120 valence electrons. The second kappa shape index (κ2) is 7.05. The average molecular weight is 318 g/mol. The molecule has 1 aromatic rings. The number of carbonyl (C=O) groups excluding carboxylic acids is 1. The Labute approximate surface area is 138 Å². The van der Waals surface area contributed by atoms with Gasteiger partial charge in [0, 0.05) is 43.5 Å². The number of aryl methyl sites for hydroxylation is 2. The van der Waals surface area contributed by atoms with E-state index in [0.717, 1.165) is 55.3 Å². The van der Waals surface area contributed by atoms with E-state index in [-0.39, 0.29) is 5.91 Å². The molecule has 0 N–H and O–H groups in total. The number of benzene rings is 1. The van der Waals surface area contributed by atoms with Crippen molar-refractivity contribution in [2.45, 2.75) is 32.7 Å². The summed E-state index contributed by atoms with van der Waals surface area (Å²) >= 11 is 2.07. The number of hydrogen-bond donors (Lipinski definition) is 0. The maximum Gasteiger partial charge on any atom is 0.254 e. The lowest BCUT2D eigenvalue weighted by molar-refractivity contribution is 0.0758. The third kappa shape index (κ3) is 3.49. The van der Waals surface area contributed by atoms with Crippen molar-refractivity contribution in [1.29, 1.82) is 0 Å². The molecule has 0 bridgehead atoms. The van der Waals surface area contributed by atoms with E-state index in [1.165, 1.54) is 17.9 Å². The molecule has 1 aromatic carbocycles. The first-order valence-electron chi connectivity index (χ1n) is 8.33. The zero-order valence-electron chi connectivity index (χ0n) is 13.7. The molecular weight excluding hydrogens is 292 g/mol. The number of amides is 1. The van der Waals surface area contributed by atoms with Gasteiger partial charge >= 0.3 is 0 Å². The van der Waals surface area contributed by atoms with Crippen LogP contribution in [0.15, 0.2) is 18.2 Å². The van der Waals surface area contributed by atoms with Crippen LogP contribution in [0.2, 0.25) is 0 Å². The summed E-state index contributed by atoms with van der Waals surface area (Å²) in [5.74, 6) is 2.78. The quantitative estimate of drug-likeness (QED) is 0.837. The minimum Gasteiger partial charge on any atom is -0.337 e. The molecule has 2 saturated heterocycles. The Bertz CT molecular complexity index is 540. The molecule has 4 heteroatoms. The molecule has 3 nitrogen and oxygen atoms in total. The van der Waals surface area contributed by atoms with E-state index in [2.05, 4.69) is 40.6 Å². The zero-order chi connectivity index (χ0) is 15.5. The topological polar surface area (TPSA) is 23.6 Å². The summed E-state index contributed by atoms with van der Waals surface area (Å²) in [4.78, 5) is 17.5. The Morgan fingerprint density at radius 2 is 2.05 bits per heavy atom. The lowest BCUT2D eigenvalue weighted by Crippen LogP contribution is -2.39. The summed E-state index contributed by atoms with van der Waals surface area (Å²) in [5.41, 5.74) is 3.13. The van der Waals surface area contributed by atoms with Crippen LogP contribution in [0.5, 0.6) is 0 Å². The van der Waals surface area contributed by atoms with Gasteiger partial charge in [-0.3, -0.25) is 9.69 Å². The van der Waals surface area contributed by atoms with Gasteiger partial charge in [-0.1, -0.05) is 17.7 Å².